The molecule has 10 heteroatoms. The van der Waals surface area contributed by atoms with Gasteiger partial charge in [0.2, 0.25) is 15.9 Å². The van der Waals surface area contributed by atoms with Crippen LogP contribution in [0, 0.1) is 6.92 Å². The van der Waals surface area contributed by atoms with Gasteiger partial charge in [-0.3, -0.25) is 14.5 Å². The van der Waals surface area contributed by atoms with Crippen LogP contribution in [0.2, 0.25) is 0 Å². The largest absolute Gasteiger partial charge is 0.352 e. The summed E-state index contributed by atoms with van der Waals surface area (Å²) >= 11 is 0. The Balaban J connectivity index is 1.48. The van der Waals surface area contributed by atoms with E-state index in [-0.39, 0.29) is 5.91 Å². The Labute approximate surface area is 217 Å². The van der Waals surface area contributed by atoms with Crippen molar-refractivity contribution >= 4 is 44.0 Å². The van der Waals surface area contributed by atoms with E-state index < -0.39 is 15.4 Å². The fraction of sp³-hybridized carbons (Fsp3) is 0.444. The average Bonchev–Trinajstić information content (AvgIpc) is 2.99. The van der Waals surface area contributed by atoms with Gasteiger partial charge in [-0.05, 0) is 63.2 Å². The van der Waals surface area contributed by atoms with Crippen LogP contribution in [-0.2, 0) is 20.2 Å². The summed E-state index contributed by atoms with van der Waals surface area (Å²) < 4.78 is 27.2. The molecule has 2 aromatic heterocycles. The molecule has 0 radical (unpaired) electrons. The van der Waals surface area contributed by atoms with E-state index in [2.05, 4.69) is 31.6 Å². The van der Waals surface area contributed by atoms with E-state index in [4.69, 9.17) is 4.98 Å². The van der Waals surface area contributed by atoms with Crippen molar-refractivity contribution in [1.29, 1.82) is 0 Å². The zero-order chi connectivity index (χ0) is 26.3. The second-order valence-corrected chi connectivity index (χ2v) is 12.7. The molecule has 3 aromatic rings. The van der Waals surface area contributed by atoms with Crippen LogP contribution in [0.5, 0.6) is 0 Å². The first-order valence-corrected chi connectivity index (χ1v) is 14.5. The van der Waals surface area contributed by atoms with Crippen molar-refractivity contribution in [2.24, 2.45) is 0 Å². The van der Waals surface area contributed by atoms with Crippen LogP contribution in [0.3, 0.4) is 0 Å². The van der Waals surface area contributed by atoms with Crippen molar-refractivity contribution in [2.75, 3.05) is 55.0 Å². The predicted molar refractivity (Wildman–Crippen MR) is 147 cm³/mol. The van der Waals surface area contributed by atoms with Gasteiger partial charge in [-0.25, -0.2) is 13.4 Å². The minimum atomic E-state index is -3.50. The lowest BCUT2D eigenvalue weighted by molar-refractivity contribution is -0.125. The van der Waals surface area contributed by atoms with E-state index in [1.165, 1.54) is 0 Å². The highest BCUT2D eigenvalue weighted by atomic mass is 32.2. The molecule has 9 nitrogen and oxygen atoms in total. The molecule has 2 aliphatic heterocycles. The molecule has 1 saturated heterocycles. The summed E-state index contributed by atoms with van der Waals surface area (Å²) in [4.78, 5) is 28.6. The highest BCUT2D eigenvalue weighted by Gasteiger charge is 2.54. The minimum Gasteiger partial charge on any atom is -0.352 e. The molecular formula is C27H32N6O3S. The fourth-order valence-corrected chi connectivity index (χ4v) is 6.57. The van der Waals surface area contributed by atoms with Gasteiger partial charge in [-0.15, -0.1) is 0 Å². The van der Waals surface area contributed by atoms with Gasteiger partial charge in [0.05, 0.1) is 34.8 Å². The highest BCUT2D eigenvalue weighted by Crippen LogP contribution is 2.55. The molecule has 1 saturated carbocycles. The molecule has 0 unspecified atom stereocenters. The first kappa shape index (κ1) is 24.1. The highest BCUT2D eigenvalue weighted by molar-refractivity contribution is 7.92. The summed E-state index contributed by atoms with van der Waals surface area (Å²) in [6, 6.07) is 6.43. The molecule has 1 aliphatic carbocycles. The van der Waals surface area contributed by atoms with Crippen LogP contribution in [0.25, 0.3) is 22.0 Å². The van der Waals surface area contributed by atoms with Gasteiger partial charge in [0.1, 0.15) is 0 Å². The number of hydrogen-bond acceptors (Lipinski definition) is 7. The lowest BCUT2D eigenvalue weighted by Crippen LogP contribution is -2.57. The Morgan fingerprint density at radius 2 is 1.84 bits per heavy atom. The fourth-order valence-electron chi connectivity index (χ4n) is 6.02. The third-order valence-corrected chi connectivity index (χ3v) is 8.91. The number of likely N-dealkylation sites (N-methyl/N-ethyl adjacent to an activating group) is 2. The number of hydrogen-bond donors (Lipinski definition) is 1. The second-order valence-electron chi connectivity index (χ2n) is 11.0. The molecule has 3 aliphatic rings. The van der Waals surface area contributed by atoms with E-state index in [1.807, 2.05) is 46.5 Å². The van der Waals surface area contributed by atoms with Crippen LogP contribution in [0.1, 0.15) is 30.4 Å². The molecule has 1 spiro atoms. The van der Waals surface area contributed by atoms with Gasteiger partial charge in [-0.2, -0.15) is 0 Å². The summed E-state index contributed by atoms with van der Waals surface area (Å²) in [5.74, 6) is 0.787. The van der Waals surface area contributed by atoms with Crippen LogP contribution >= 0.6 is 0 Å². The first-order valence-electron chi connectivity index (χ1n) is 12.6. The Kier molecular flexibility index (Phi) is 5.30. The lowest BCUT2D eigenvalue weighted by Gasteiger charge is -2.44. The van der Waals surface area contributed by atoms with Crippen molar-refractivity contribution in [3.05, 3.63) is 41.7 Å². The quantitative estimate of drug-likeness (QED) is 0.552. The second kappa shape index (κ2) is 8.13. The number of aryl methyl sites for hydroxylation is 1. The van der Waals surface area contributed by atoms with Gasteiger partial charge in [0.25, 0.3) is 0 Å². The molecule has 1 N–H and O–H groups in total. The normalized spacial score (nSPS) is 18.9. The summed E-state index contributed by atoms with van der Waals surface area (Å²) in [6.07, 6.45) is 7.54. The van der Waals surface area contributed by atoms with E-state index in [9.17, 15) is 13.2 Å². The van der Waals surface area contributed by atoms with Crippen molar-refractivity contribution in [1.82, 2.24) is 14.9 Å². The monoisotopic (exact) mass is 520 g/mol. The Morgan fingerprint density at radius 1 is 1.11 bits per heavy atom. The van der Waals surface area contributed by atoms with Crippen LogP contribution in [0.4, 0.5) is 17.2 Å². The van der Waals surface area contributed by atoms with Gasteiger partial charge < -0.3 is 14.7 Å². The number of benzene rings is 1. The summed E-state index contributed by atoms with van der Waals surface area (Å²) in [5, 5.41) is 0.980. The standard InChI is InChI=1S/C27H32N6O3S/c1-16-9-21-20(24-23(13-28-21)32(4)26(34)27(24)7-6-8-27)11-19(16)17-10-22(30-37(5,35)36)25(29-12-17)33-14-18(15-33)31(2)3/h9-13,18,30H,6-8,14-15H2,1-5H3. The molecule has 0 bridgehead atoms. The zero-order valence-corrected chi connectivity index (χ0v) is 22.7. The first-order chi connectivity index (χ1) is 17.5. The van der Waals surface area contributed by atoms with Crippen LogP contribution in [-0.4, -0.2) is 75.7 Å². The number of nitrogens with one attached hydrogen (secondary N) is 1. The van der Waals surface area contributed by atoms with Crippen molar-refractivity contribution < 1.29 is 13.2 Å². The maximum absolute atomic E-state index is 13.2. The minimum absolute atomic E-state index is 0.154. The predicted octanol–water partition coefficient (Wildman–Crippen LogP) is 3.13. The van der Waals surface area contributed by atoms with Crippen LogP contribution < -0.4 is 14.5 Å². The number of rotatable bonds is 5. The number of aromatic nitrogens is 2. The summed E-state index contributed by atoms with van der Waals surface area (Å²) in [5.41, 5.74) is 5.61. The van der Waals surface area contributed by atoms with E-state index >= 15 is 0 Å². The van der Waals surface area contributed by atoms with Gasteiger partial charge in [-0.1, -0.05) is 6.42 Å². The molecule has 4 heterocycles. The van der Waals surface area contributed by atoms with E-state index in [1.54, 1.807) is 4.90 Å². The smallest absolute Gasteiger partial charge is 0.237 e. The van der Waals surface area contributed by atoms with Crippen molar-refractivity contribution in [3.63, 3.8) is 0 Å². The topological polar surface area (TPSA) is 98.7 Å². The van der Waals surface area contributed by atoms with Gasteiger partial charge in [0.15, 0.2) is 5.82 Å². The number of carbonyl (C=O) groups is 1. The molecule has 2 fully saturated rings. The summed E-state index contributed by atoms with van der Waals surface area (Å²) in [6.45, 7) is 3.59. The maximum atomic E-state index is 13.2. The number of nitrogens with zero attached hydrogens (tertiary/aromatic N) is 5. The number of fused-ring (bicyclic) bond motifs is 4. The van der Waals surface area contributed by atoms with Gasteiger partial charge in [0, 0.05) is 48.9 Å². The molecule has 1 aromatic carbocycles. The Hall–Kier alpha value is -3.24. The van der Waals surface area contributed by atoms with Gasteiger partial charge >= 0.3 is 0 Å². The third-order valence-electron chi connectivity index (χ3n) is 8.32. The molecule has 0 atom stereocenters. The Morgan fingerprint density at radius 3 is 2.46 bits per heavy atom. The molecule has 37 heavy (non-hydrogen) atoms. The number of carbonyl (C=O) groups excluding carboxylic acids is 1. The van der Waals surface area contributed by atoms with E-state index in [0.29, 0.717) is 17.5 Å². The number of pyridine rings is 2. The van der Waals surface area contributed by atoms with E-state index in [0.717, 1.165) is 77.5 Å². The maximum Gasteiger partial charge on any atom is 0.237 e. The van der Waals surface area contributed by atoms with Crippen LogP contribution in [0.15, 0.2) is 30.6 Å². The Bertz CT molecular complexity index is 1560. The molecule has 194 valence electrons. The van der Waals surface area contributed by atoms with Crippen molar-refractivity contribution in [3.8, 4) is 11.1 Å². The summed E-state index contributed by atoms with van der Waals surface area (Å²) in [7, 11) is 2.42. The van der Waals surface area contributed by atoms with Crippen molar-refractivity contribution in [2.45, 2.75) is 37.6 Å². The number of sulfonamides is 1. The number of amides is 1. The average molecular weight is 521 g/mol. The molecular weight excluding hydrogens is 488 g/mol. The zero-order valence-electron chi connectivity index (χ0n) is 21.9. The SMILES string of the molecule is Cc1cc2ncc3c(c2cc1-c1cnc(N2CC(N(C)C)C2)c(NS(C)(=O)=O)c1)C1(CCC1)C(=O)N3C. The lowest BCUT2D eigenvalue weighted by atomic mass is 9.64. The molecule has 6 rings (SSSR count). The number of anilines is 3. The molecule has 1 amide bonds. The third kappa shape index (κ3) is 3.68.